The van der Waals surface area contributed by atoms with E-state index in [2.05, 4.69) is 10.1 Å². The fraction of sp³-hybridized carbons (Fsp3) is 0.308. The summed E-state index contributed by atoms with van der Waals surface area (Å²) in [6, 6.07) is 3.57. The highest BCUT2D eigenvalue weighted by atomic mass is 16.2. The van der Waals surface area contributed by atoms with E-state index in [9.17, 15) is 4.79 Å². The summed E-state index contributed by atoms with van der Waals surface area (Å²) in [5.41, 5.74) is 8.85. The standard InChI is InChI=1S/C13H17N5O/c1-9-13(14)10(2)18(16-9)8-12(19)17(3)11-4-6-15-7-5-11/h4-7H,8,14H2,1-3H3. The summed E-state index contributed by atoms with van der Waals surface area (Å²) in [5, 5.41) is 4.26. The van der Waals surface area contributed by atoms with Gasteiger partial charge in [0.25, 0.3) is 0 Å². The molecule has 2 aromatic rings. The first kappa shape index (κ1) is 13.1. The lowest BCUT2D eigenvalue weighted by molar-refractivity contribution is -0.119. The van der Waals surface area contributed by atoms with Crippen LogP contribution in [0.25, 0.3) is 0 Å². The SMILES string of the molecule is Cc1nn(CC(=O)N(C)c2ccncc2)c(C)c1N. The van der Waals surface area contributed by atoms with Gasteiger partial charge in [0.05, 0.1) is 17.1 Å². The van der Waals surface area contributed by atoms with Gasteiger partial charge in [0.1, 0.15) is 6.54 Å². The van der Waals surface area contributed by atoms with Crippen LogP contribution >= 0.6 is 0 Å². The van der Waals surface area contributed by atoms with Crippen molar-refractivity contribution in [2.45, 2.75) is 20.4 Å². The van der Waals surface area contributed by atoms with Crippen LogP contribution in [0.1, 0.15) is 11.4 Å². The molecule has 2 aromatic heterocycles. The Balaban J connectivity index is 2.15. The largest absolute Gasteiger partial charge is 0.396 e. The Labute approximate surface area is 111 Å². The molecular weight excluding hydrogens is 242 g/mol. The van der Waals surface area contributed by atoms with Gasteiger partial charge in [0, 0.05) is 25.1 Å². The molecule has 0 aliphatic rings. The van der Waals surface area contributed by atoms with Crippen LogP contribution < -0.4 is 10.6 Å². The van der Waals surface area contributed by atoms with Gasteiger partial charge in [0.15, 0.2) is 0 Å². The third kappa shape index (κ3) is 2.57. The Bertz CT molecular complexity index is 591. The first-order chi connectivity index (χ1) is 9.00. The number of rotatable bonds is 3. The van der Waals surface area contributed by atoms with E-state index in [1.54, 1.807) is 41.2 Å². The van der Waals surface area contributed by atoms with Gasteiger partial charge < -0.3 is 10.6 Å². The Kier molecular flexibility index (Phi) is 3.50. The molecule has 2 rings (SSSR count). The number of likely N-dealkylation sites (N-methyl/N-ethyl adjacent to an activating group) is 1. The zero-order valence-electron chi connectivity index (χ0n) is 11.3. The molecule has 0 saturated carbocycles. The number of carbonyl (C=O) groups excluding carboxylic acids is 1. The summed E-state index contributed by atoms with van der Waals surface area (Å²) in [7, 11) is 1.73. The molecule has 1 amide bonds. The molecule has 0 fully saturated rings. The zero-order valence-corrected chi connectivity index (χ0v) is 11.3. The number of nitrogen functional groups attached to an aromatic ring is 1. The van der Waals surface area contributed by atoms with Crippen LogP contribution in [0.4, 0.5) is 11.4 Å². The molecule has 0 bridgehead atoms. The molecule has 0 radical (unpaired) electrons. The zero-order chi connectivity index (χ0) is 14.0. The molecule has 2 N–H and O–H groups in total. The molecule has 0 aliphatic carbocycles. The van der Waals surface area contributed by atoms with Crippen LogP contribution in [-0.2, 0) is 11.3 Å². The number of aromatic nitrogens is 3. The second-order valence-electron chi connectivity index (χ2n) is 4.40. The molecule has 0 spiro atoms. The summed E-state index contributed by atoms with van der Waals surface area (Å²) in [6.07, 6.45) is 3.31. The van der Waals surface area contributed by atoms with E-state index in [1.165, 1.54) is 0 Å². The lowest BCUT2D eigenvalue weighted by atomic mass is 10.3. The lowest BCUT2D eigenvalue weighted by Gasteiger charge is -2.17. The van der Waals surface area contributed by atoms with Crippen LogP contribution in [0.5, 0.6) is 0 Å². The number of amides is 1. The third-order valence-electron chi connectivity index (χ3n) is 3.15. The second-order valence-corrected chi connectivity index (χ2v) is 4.40. The Hall–Kier alpha value is -2.37. The normalized spacial score (nSPS) is 10.5. The number of aryl methyl sites for hydroxylation is 1. The van der Waals surface area contributed by atoms with E-state index in [4.69, 9.17) is 5.73 Å². The minimum absolute atomic E-state index is 0.0585. The number of pyridine rings is 1. The maximum absolute atomic E-state index is 12.2. The molecule has 2 heterocycles. The molecule has 0 atom stereocenters. The number of hydrogen-bond acceptors (Lipinski definition) is 4. The van der Waals surface area contributed by atoms with Gasteiger partial charge in [-0.2, -0.15) is 5.10 Å². The van der Waals surface area contributed by atoms with Crippen molar-refractivity contribution in [3.63, 3.8) is 0 Å². The van der Waals surface area contributed by atoms with Gasteiger partial charge in [-0.05, 0) is 26.0 Å². The Morgan fingerprint density at radius 2 is 2.00 bits per heavy atom. The highest BCUT2D eigenvalue weighted by Gasteiger charge is 2.15. The topological polar surface area (TPSA) is 77.0 Å². The van der Waals surface area contributed by atoms with Crippen LogP contribution in [0.2, 0.25) is 0 Å². The molecule has 6 heteroatoms. The lowest BCUT2D eigenvalue weighted by Crippen LogP contribution is -2.30. The fourth-order valence-corrected chi connectivity index (χ4v) is 1.81. The summed E-state index contributed by atoms with van der Waals surface area (Å²) in [5.74, 6) is -0.0585. The monoisotopic (exact) mass is 259 g/mol. The molecular formula is C13H17N5O. The number of nitrogens with two attached hydrogens (primary N) is 1. The summed E-state index contributed by atoms with van der Waals surface area (Å²) >= 11 is 0. The molecule has 0 saturated heterocycles. The van der Waals surface area contributed by atoms with Crippen LogP contribution in [-0.4, -0.2) is 27.7 Å². The summed E-state index contributed by atoms with van der Waals surface area (Å²) < 4.78 is 1.63. The van der Waals surface area contributed by atoms with Crippen LogP contribution in [0.3, 0.4) is 0 Å². The van der Waals surface area contributed by atoms with Gasteiger partial charge in [0.2, 0.25) is 5.91 Å². The smallest absolute Gasteiger partial charge is 0.248 e. The van der Waals surface area contributed by atoms with Crippen molar-refractivity contribution in [3.8, 4) is 0 Å². The van der Waals surface area contributed by atoms with Crippen molar-refractivity contribution in [2.75, 3.05) is 17.7 Å². The van der Waals surface area contributed by atoms with Crippen LogP contribution in [0, 0.1) is 13.8 Å². The van der Waals surface area contributed by atoms with E-state index in [0.717, 1.165) is 17.1 Å². The minimum Gasteiger partial charge on any atom is -0.396 e. The third-order valence-corrected chi connectivity index (χ3v) is 3.15. The number of hydrogen-bond donors (Lipinski definition) is 1. The molecule has 0 unspecified atom stereocenters. The average Bonchev–Trinajstić information content (AvgIpc) is 2.66. The van der Waals surface area contributed by atoms with Crippen molar-refractivity contribution in [3.05, 3.63) is 35.9 Å². The molecule has 6 nitrogen and oxygen atoms in total. The van der Waals surface area contributed by atoms with Gasteiger partial charge in [-0.1, -0.05) is 0 Å². The Morgan fingerprint density at radius 1 is 1.37 bits per heavy atom. The van der Waals surface area contributed by atoms with E-state index >= 15 is 0 Å². The highest BCUT2D eigenvalue weighted by molar-refractivity contribution is 5.92. The second kappa shape index (κ2) is 5.09. The minimum atomic E-state index is -0.0585. The molecule has 100 valence electrons. The van der Waals surface area contributed by atoms with Crippen molar-refractivity contribution in [1.29, 1.82) is 0 Å². The molecule has 19 heavy (non-hydrogen) atoms. The van der Waals surface area contributed by atoms with Crippen molar-refractivity contribution < 1.29 is 4.79 Å². The first-order valence-corrected chi connectivity index (χ1v) is 5.96. The van der Waals surface area contributed by atoms with Gasteiger partial charge in [-0.25, -0.2) is 0 Å². The number of anilines is 2. The number of nitrogens with zero attached hydrogens (tertiary/aromatic N) is 4. The van der Waals surface area contributed by atoms with Gasteiger partial charge in [-0.3, -0.25) is 14.5 Å². The molecule has 0 aliphatic heterocycles. The summed E-state index contributed by atoms with van der Waals surface area (Å²) in [4.78, 5) is 17.7. The van der Waals surface area contributed by atoms with E-state index in [-0.39, 0.29) is 12.5 Å². The van der Waals surface area contributed by atoms with Gasteiger partial charge >= 0.3 is 0 Å². The average molecular weight is 259 g/mol. The van der Waals surface area contributed by atoms with Crippen molar-refractivity contribution in [1.82, 2.24) is 14.8 Å². The van der Waals surface area contributed by atoms with E-state index in [1.807, 2.05) is 13.8 Å². The predicted octanol–water partition coefficient (Wildman–Crippen LogP) is 1.14. The molecule has 0 aromatic carbocycles. The van der Waals surface area contributed by atoms with E-state index < -0.39 is 0 Å². The van der Waals surface area contributed by atoms with Gasteiger partial charge in [-0.15, -0.1) is 0 Å². The Morgan fingerprint density at radius 3 is 2.53 bits per heavy atom. The quantitative estimate of drug-likeness (QED) is 0.896. The fourth-order valence-electron chi connectivity index (χ4n) is 1.81. The highest BCUT2D eigenvalue weighted by Crippen LogP contribution is 2.16. The summed E-state index contributed by atoms with van der Waals surface area (Å²) in [6.45, 7) is 3.85. The maximum Gasteiger partial charge on any atom is 0.248 e. The van der Waals surface area contributed by atoms with Crippen molar-refractivity contribution in [2.24, 2.45) is 0 Å². The first-order valence-electron chi connectivity index (χ1n) is 5.96. The predicted molar refractivity (Wildman–Crippen MR) is 73.8 cm³/mol. The maximum atomic E-state index is 12.2. The van der Waals surface area contributed by atoms with Crippen LogP contribution in [0.15, 0.2) is 24.5 Å². The number of carbonyl (C=O) groups is 1. The van der Waals surface area contributed by atoms with Crippen molar-refractivity contribution >= 4 is 17.3 Å². The van der Waals surface area contributed by atoms with E-state index in [0.29, 0.717) is 5.69 Å².